The summed E-state index contributed by atoms with van der Waals surface area (Å²) in [6, 6.07) is 46.9. The molecule has 5 aromatic rings. The Bertz CT molecular complexity index is 2270. The minimum absolute atomic E-state index is 0.0180. The molecule has 0 aliphatic carbocycles. The summed E-state index contributed by atoms with van der Waals surface area (Å²) in [5, 5.41) is 29.4. The highest BCUT2D eigenvalue weighted by molar-refractivity contribution is 6.74. The highest BCUT2D eigenvalue weighted by Gasteiger charge is 2.67. The fourth-order valence-electron chi connectivity index (χ4n) is 8.27. The quantitative estimate of drug-likeness (QED) is 0.0314. The molecule has 0 aromatic heterocycles. The van der Waals surface area contributed by atoms with Gasteiger partial charge in [-0.05, 0) is 51.5 Å². The minimum Gasteiger partial charge on any atom is -0.388 e. The molecule has 2 N–H and O–H groups in total. The van der Waals surface area contributed by atoms with Crippen LogP contribution in [0, 0.1) is 0 Å². The normalized spacial score (nSPS) is 26.7. The number of hydrogen-bond acceptors (Lipinski definition) is 11. The molecule has 2 aliphatic heterocycles. The van der Waals surface area contributed by atoms with E-state index in [1.165, 1.54) is 0 Å². The summed E-state index contributed by atoms with van der Waals surface area (Å²) in [7, 11) is -3.04. The van der Waals surface area contributed by atoms with Crippen molar-refractivity contribution in [2.45, 2.75) is 133 Å². The van der Waals surface area contributed by atoms with Crippen LogP contribution in [0.5, 0.6) is 0 Å². The Balaban J connectivity index is 1.36. The van der Waals surface area contributed by atoms with Gasteiger partial charge < -0.3 is 47.8 Å². The molecule has 0 unspecified atom stereocenters. The predicted molar refractivity (Wildman–Crippen MR) is 257 cm³/mol. The molecular weight excluding hydrogens is 867 g/mol. The van der Waals surface area contributed by atoms with E-state index >= 15 is 0 Å². The maximum atomic E-state index is 13.0. The van der Waals surface area contributed by atoms with Gasteiger partial charge in [-0.3, -0.25) is 0 Å². The van der Waals surface area contributed by atoms with Gasteiger partial charge in [0.05, 0.1) is 46.2 Å². The van der Waals surface area contributed by atoms with Gasteiger partial charge in [0, 0.05) is 4.91 Å². The molecule has 0 spiro atoms. The van der Waals surface area contributed by atoms with Gasteiger partial charge in [0.25, 0.3) is 0 Å². The van der Waals surface area contributed by atoms with E-state index in [2.05, 4.69) is 43.9 Å². The summed E-state index contributed by atoms with van der Waals surface area (Å²) in [5.41, 5.74) is 15.0. The number of azide groups is 1. The van der Waals surface area contributed by atoms with Gasteiger partial charge in [0.2, 0.25) is 0 Å². The monoisotopic (exact) mass is 931 g/mol. The summed E-state index contributed by atoms with van der Waals surface area (Å²) in [6.07, 6.45) is -9.61. The van der Waals surface area contributed by atoms with Crippen LogP contribution in [0.15, 0.2) is 157 Å². The molecule has 7 rings (SSSR count). The summed E-state index contributed by atoms with van der Waals surface area (Å²) in [5.74, 6) is -2.07. The molecule has 0 radical (unpaired) electrons. The van der Waals surface area contributed by atoms with E-state index < -0.39 is 74.0 Å². The highest BCUT2D eigenvalue weighted by Crippen LogP contribution is 2.49. The van der Waals surface area contributed by atoms with Gasteiger partial charge in [0.15, 0.2) is 14.1 Å². The fourth-order valence-corrected chi connectivity index (χ4v) is 9.66. The Morgan fingerprint density at radius 2 is 0.955 bits per heavy atom. The standard InChI is InChI=1S/C53H65N3O10Si/c1-52(2,3)67(4,5)66-53(50(55-56-54)48(62-34-41-27-17-9-18-28-41)45(57)43(65-53)36-59-31-38-21-11-6-12-22-38)51-49(63-35-42-29-19-10-20-30-42)46(58)47(61-33-40-25-15-8-16-26-40)44(64-51)37-60-32-39-23-13-7-14-24-39/h6-30,43-51,57-58H,31-37H2,1-5H3/t43-,44-,45-,46+,47+,48+,49-,50-,51-,53-/m1/s1. The van der Waals surface area contributed by atoms with Crippen molar-refractivity contribution in [2.24, 2.45) is 5.11 Å². The topological polar surface area (TPSA) is 163 Å². The van der Waals surface area contributed by atoms with E-state index in [1.807, 2.05) is 152 Å². The second kappa shape index (κ2) is 23.5. The molecule has 2 heterocycles. The third-order valence-electron chi connectivity index (χ3n) is 12.9. The van der Waals surface area contributed by atoms with Crippen LogP contribution in [0.2, 0.25) is 18.1 Å². The van der Waals surface area contributed by atoms with Crippen molar-refractivity contribution in [3.63, 3.8) is 0 Å². The molecule has 356 valence electrons. The van der Waals surface area contributed by atoms with Crippen molar-refractivity contribution in [3.8, 4) is 0 Å². The molecule has 14 heteroatoms. The van der Waals surface area contributed by atoms with Gasteiger partial charge >= 0.3 is 0 Å². The molecule has 0 bridgehead atoms. The molecule has 0 amide bonds. The molecular formula is C53H65N3O10Si. The number of ether oxygens (including phenoxy) is 7. The Labute approximate surface area is 395 Å². The molecule has 13 nitrogen and oxygen atoms in total. The SMILES string of the molecule is CC(C)(C)[Si](C)(C)O[C@]1([C@@H]2O[C@H](COCc3ccccc3)[C@H](OCc3ccccc3)[C@H](O)[C@H]2OCc2ccccc2)O[C@H](COCc2ccccc2)[C@@H](O)[C@H](OCc2ccccc2)[C@H]1N=[N+]=[N-]. The van der Waals surface area contributed by atoms with Crippen LogP contribution in [0.25, 0.3) is 10.4 Å². The number of benzene rings is 5. The Morgan fingerprint density at radius 3 is 1.37 bits per heavy atom. The molecule has 5 aromatic carbocycles. The molecule has 0 saturated carbocycles. The van der Waals surface area contributed by atoms with E-state index in [-0.39, 0.29) is 46.2 Å². The van der Waals surface area contributed by atoms with Gasteiger partial charge in [-0.15, -0.1) is 0 Å². The van der Waals surface area contributed by atoms with Gasteiger partial charge in [-0.2, -0.15) is 0 Å². The lowest BCUT2D eigenvalue weighted by Gasteiger charge is -2.59. The lowest BCUT2D eigenvalue weighted by molar-refractivity contribution is -0.386. The fraction of sp³-hybridized carbons (Fsp3) is 0.434. The van der Waals surface area contributed by atoms with Gasteiger partial charge in [-0.1, -0.05) is 178 Å². The molecule has 67 heavy (non-hydrogen) atoms. The minimum atomic E-state index is -3.04. The van der Waals surface area contributed by atoms with E-state index in [1.54, 1.807) is 0 Å². The number of rotatable bonds is 21. The van der Waals surface area contributed by atoms with Crippen molar-refractivity contribution in [3.05, 3.63) is 190 Å². The first-order valence-corrected chi connectivity index (χ1v) is 25.9. The Morgan fingerprint density at radius 1 is 0.567 bits per heavy atom. The van der Waals surface area contributed by atoms with Crippen LogP contribution in [-0.4, -0.2) is 92.4 Å². The van der Waals surface area contributed by atoms with Gasteiger partial charge in [-0.25, -0.2) is 0 Å². The van der Waals surface area contributed by atoms with Crippen molar-refractivity contribution < 1.29 is 47.8 Å². The Kier molecular flexibility index (Phi) is 17.6. The van der Waals surface area contributed by atoms with E-state index in [0.717, 1.165) is 27.8 Å². The predicted octanol–water partition coefficient (Wildman–Crippen LogP) is 9.46. The zero-order valence-corrected chi connectivity index (χ0v) is 40.1. The first-order valence-electron chi connectivity index (χ1n) is 23.0. The van der Waals surface area contributed by atoms with Crippen LogP contribution in [0.3, 0.4) is 0 Å². The number of hydrogen-bond donors (Lipinski definition) is 2. The van der Waals surface area contributed by atoms with Gasteiger partial charge in [0.1, 0.15) is 54.9 Å². The zero-order valence-electron chi connectivity index (χ0n) is 39.1. The highest BCUT2D eigenvalue weighted by atomic mass is 28.4. The molecule has 2 saturated heterocycles. The van der Waals surface area contributed by atoms with Crippen molar-refractivity contribution in [1.29, 1.82) is 0 Å². The van der Waals surface area contributed by atoms with Crippen LogP contribution in [0.4, 0.5) is 0 Å². The summed E-state index contributed by atoms with van der Waals surface area (Å²) < 4.78 is 55.1. The number of aliphatic hydroxyl groups is 2. The molecule has 2 fully saturated rings. The summed E-state index contributed by atoms with van der Waals surface area (Å²) in [6.45, 7) is 11.0. The van der Waals surface area contributed by atoms with E-state index in [0.29, 0.717) is 0 Å². The van der Waals surface area contributed by atoms with Crippen LogP contribution in [0.1, 0.15) is 48.6 Å². The van der Waals surface area contributed by atoms with Crippen LogP contribution in [-0.2, 0) is 70.6 Å². The first-order chi connectivity index (χ1) is 32.4. The second-order valence-electron chi connectivity index (χ2n) is 18.8. The van der Waals surface area contributed by atoms with E-state index in [9.17, 15) is 15.7 Å². The van der Waals surface area contributed by atoms with Crippen molar-refractivity contribution in [1.82, 2.24) is 0 Å². The van der Waals surface area contributed by atoms with Crippen LogP contribution >= 0.6 is 0 Å². The van der Waals surface area contributed by atoms with Crippen molar-refractivity contribution >= 4 is 8.32 Å². The average molecular weight is 932 g/mol. The maximum Gasteiger partial charge on any atom is 0.200 e. The summed E-state index contributed by atoms with van der Waals surface area (Å²) >= 11 is 0. The largest absolute Gasteiger partial charge is 0.388 e. The first kappa shape index (κ1) is 50.1. The smallest absolute Gasteiger partial charge is 0.200 e. The molecule has 2 aliphatic rings. The lowest BCUT2D eigenvalue weighted by Crippen LogP contribution is -2.77. The van der Waals surface area contributed by atoms with Crippen LogP contribution < -0.4 is 0 Å². The zero-order chi connectivity index (χ0) is 47.3. The second-order valence-corrected chi connectivity index (χ2v) is 23.5. The number of nitrogens with zero attached hydrogens (tertiary/aromatic N) is 3. The molecule has 10 atom stereocenters. The summed E-state index contributed by atoms with van der Waals surface area (Å²) in [4.78, 5) is 3.38. The van der Waals surface area contributed by atoms with Crippen molar-refractivity contribution in [2.75, 3.05) is 13.2 Å². The third-order valence-corrected chi connectivity index (χ3v) is 17.3. The number of aliphatic hydroxyl groups excluding tert-OH is 2. The Hall–Kier alpha value is -4.77. The maximum absolute atomic E-state index is 13.0. The average Bonchev–Trinajstić information content (AvgIpc) is 3.33. The lowest BCUT2D eigenvalue weighted by atomic mass is 9.81. The third kappa shape index (κ3) is 12.9. The van der Waals surface area contributed by atoms with E-state index in [4.69, 9.17) is 37.6 Å².